The van der Waals surface area contributed by atoms with Crippen molar-refractivity contribution in [2.45, 2.75) is 13.0 Å². The Bertz CT molecular complexity index is 242. The average Bonchev–Trinajstić information content (AvgIpc) is 2.17. The molecule has 0 bridgehead atoms. The molecule has 0 N–H and O–H groups in total. The van der Waals surface area contributed by atoms with Gasteiger partial charge in [-0.3, -0.25) is 4.57 Å². The van der Waals surface area contributed by atoms with Crippen LogP contribution in [0.1, 0.15) is 6.92 Å². The van der Waals surface area contributed by atoms with Crippen LogP contribution in [0.25, 0.3) is 0 Å². The van der Waals surface area contributed by atoms with Gasteiger partial charge < -0.3 is 13.8 Å². The summed E-state index contributed by atoms with van der Waals surface area (Å²) in [6.07, 6.45) is 0.534. The summed E-state index contributed by atoms with van der Waals surface area (Å²) < 4.78 is 25.8. The Kier molecular flexibility index (Phi) is 5.69. The first-order valence-corrected chi connectivity index (χ1v) is 5.73. The molecule has 0 saturated heterocycles. The molecule has 0 aliphatic carbocycles. The monoisotopic (exact) mass is 222 g/mol. The van der Waals surface area contributed by atoms with E-state index >= 15 is 0 Å². The molecule has 0 saturated carbocycles. The number of esters is 1. The molecule has 0 radical (unpaired) electrons. The molecule has 0 aromatic carbocycles. The summed E-state index contributed by atoms with van der Waals surface area (Å²) in [6.45, 7) is 4.85. The molecule has 6 heteroatoms. The number of rotatable bonds is 6. The number of hydrogen-bond acceptors (Lipinski definition) is 5. The zero-order valence-electron chi connectivity index (χ0n) is 8.56. The van der Waals surface area contributed by atoms with Crippen LogP contribution in [0.4, 0.5) is 0 Å². The van der Waals surface area contributed by atoms with Crippen molar-refractivity contribution in [2.24, 2.45) is 0 Å². The molecule has 0 spiro atoms. The van der Waals surface area contributed by atoms with Crippen molar-refractivity contribution in [1.29, 1.82) is 0 Å². The van der Waals surface area contributed by atoms with Crippen molar-refractivity contribution in [3.05, 3.63) is 12.7 Å². The molecule has 0 aliphatic rings. The minimum atomic E-state index is -3.12. The maximum Gasteiger partial charge on any atom is 0.333 e. The van der Waals surface area contributed by atoms with E-state index in [0.717, 1.165) is 6.08 Å². The fraction of sp³-hybridized carbons (Fsp3) is 0.625. The van der Waals surface area contributed by atoms with Crippen molar-refractivity contribution in [3.63, 3.8) is 0 Å². The summed E-state index contributed by atoms with van der Waals surface area (Å²) in [6, 6.07) is 0. The molecule has 1 atom stereocenters. The third-order valence-electron chi connectivity index (χ3n) is 1.52. The van der Waals surface area contributed by atoms with Gasteiger partial charge in [-0.1, -0.05) is 6.58 Å². The lowest BCUT2D eigenvalue weighted by Crippen LogP contribution is -2.18. The fourth-order valence-corrected chi connectivity index (χ4v) is 1.97. The minimum Gasteiger partial charge on any atom is -0.459 e. The molecule has 0 aromatic heterocycles. The zero-order valence-corrected chi connectivity index (χ0v) is 9.45. The van der Waals surface area contributed by atoms with Gasteiger partial charge in [0.1, 0.15) is 6.10 Å². The quantitative estimate of drug-likeness (QED) is 0.388. The lowest BCUT2D eigenvalue weighted by molar-refractivity contribution is -0.141. The van der Waals surface area contributed by atoms with Crippen molar-refractivity contribution in [1.82, 2.24) is 0 Å². The predicted molar refractivity (Wildman–Crippen MR) is 52.2 cm³/mol. The maximum atomic E-state index is 11.6. The van der Waals surface area contributed by atoms with Crippen LogP contribution in [0.15, 0.2) is 12.7 Å². The van der Waals surface area contributed by atoms with Crippen LogP contribution in [0, 0.1) is 0 Å². The van der Waals surface area contributed by atoms with E-state index in [1.165, 1.54) is 14.2 Å². The summed E-state index contributed by atoms with van der Waals surface area (Å²) in [5.74, 6) is -0.559. The van der Waals surface area contributed by atoms with E-state index in [0.29, 0.717) is 0 Å². The molecule has 0 aromatic rings. The van der Waals surface area contributed by atoms with Gasteiger partial charge in [-0.05, 0) is 6.92 Å². The SMILES string of the molecule is C=CC(=O)OC(C)CP(=O)(OC)OC. The van der Waals surface area contributed by atoms with Gasteiger partial charge in [0.25, 0.3) is 0 Å². The van der Waals surface area contributed by atoms with E-state index in [1.54, 1.807) is 6.92 Å². The molecular formula is C8H15O5P. The number of hydrogen-bond donors (Lipinski definition) is 0. The Morgan fingerprint density at radius 1 is 1.50 bits per heavy atom. The minimum absolute atomic E-state index is 0.0274. The van der Waals surface area contributed by atoms with Gasteiger partial charge in [-0.15, -0.1) is 0 Å². The van der Waals surface area contributed by atoms with Gasteiger partial charge in [0, 0.05) is 20.3 Å². The summed E-state index contributed by atoms with van der Waals surface area (Å²) >= 11 is 0. The molecule has 1 unspecified atom stereocenters. The smallest absolute Gasteiger partial charge is 0.333 e. The molecule has 0 rings (SSSR count). The second kappa shape index (κ2) is 5.96. The fourth-order valence-electron chi connectivity index (χ4n) is 0.822. The van der Waals surface area contributed by atoms with Crippen LogP contribution in [-0.2, 0) is 23.1 Å². The maximum absolute atomic E-state index is 11.6. The Hall–Kier alpha value is -0.640. The molecule has 5 nitrogen and oxygen atoms in total. The van der Waals surface area contributed by atoms with E-state index in [9.17, 15) is 9.36 Å². The highest BCUT2D eigenvalue weighted by Gasteiger charge is 2.25. The first-order valence-electron chi connectivity index (χ1n) is 4.01. The van der Waals surface area contributed by atoms with Crippen molar-refractivity contribution < 1.29 is 23.1 Å². The van der Waals surface area contributed by atoms with Crippen molar-refractivity contribution in [3.8, 4) is 0 Å². The lowest BCUT2D eigenvalue weighted by atomic mass is 10.5. The Morgan fingerprint density at radius 3 is 2.36 bits per heavy atom. The molecule has 0 amide bonds. The molecule has 0 fully saturated rings. The van der Waals surface area contributed by atoms with Gasteiger partial charge in [0.2, 0.25) is 0 Å². The highest BCUT2D eigenvalue weighted by molar-refractivity contribution is 7.53. The van der Waals surface area contributed by atoms with Gasteiger partial charge in [-0.25, -0.2) is 4.79 Å². The standard InChI is InChI=1S/C8H15O5P/c1-5-8(9)13-7(2)6-14(10,11-3)12-4/h5,7H,1,6H2,2-4H3. The third-order valence-corrected chi connectivity index (χ3v) is 3.60. The highest BCUT2D eigenvalue weighted by atomic mass is 31.2. The zero-order chi connectivity index (χ0) is 11.2. The first kappa shape index (κ1) is 13.4. The third kappa shape index (κ3) is 4.56. The van der Waals surface area contributed by atoms with Crippen LogP contribution in [0.3, 0.4) is 0 Å². The van der Waals surface area contributed by atoms with Crippen molar-refractivity contribution in [2.75, 3.05) is 20.4 Å². The largest absolute Gasteiger partial charge is 0.459 e. The van der Waals surface area contributed by atoms with E-state index in [-0.39, 0.29) is 6.16 Å². The summed E-state index contributed by atoms with van der Waals surface area (Å²) in [4.78, 5) is 10.8. The van der Waals surface area contributed by atoms with Crippen LogP contribution in [0.2, 0.25) is 0 Å². The normalized spacial score (nSPS) is 13.4. The number of carbonyl (C=O) groups excluding carboxylic acids is 1. The molecule has 0 heterocycles. The Morgan fingerprint density at radius 2 is 2.00 bits per heavy atom. The first-order chi connectivity index (χ1) is 6.47. The summed E-state index contributed by atoms with van der Waals surface area (Å²) in [7, 11) is -0.547. The van der Waals surface area contributed by atoms with E-state index in [1.807, 2.05) is 0 Å². The van der Waals surface area contributed by atoms with Crippen LogP contribution >= 0.6 is 7.60 Å². The van der Waals surface area contributed by atoms with Gasteiger partial charge in [0.05, 0.1) is 6.16 Å². The second-order valence-electron chi connectivity index (χ2n) is 2.61. The van der Waals surface area contributed by atoms with Crippen LogP contribution in [-0.4, -0.2) is 32.5 Å². The number of ether oxygens (including phenoxy) is 1. The van der Waals surface area contributed by atoms with E-state index in [4.69, 9.17) is 4.74 Å². The lowest BCUT2D eigenvalue weighted by Gasteiger charge is -2.17. The van der Waals surface area contributed by atoms with Crippen molar-refractivity contribution >= 4 is 13.6 Å². The average molecular weight is 222 g/mol. The Labute approximate surface area is 83.6 Å². The second-order valence-corrected chi connectivity index (χ2v) is 4.93. The van der Waals surface area contributed by atoms with Gasteiger partial charge in [0.15, 0.2) is 0 Å². The predicted octanol–water partition coefficient (Wildman–Crippen LogP) is 1.59. The van der Waals surface area contributed by atoms with Crippen LogP contribution < -0.4 is 0 Å². The van der Waals surface area contributed by atoms with E-state index in [2.05, 4.69) is 15.6 Å². The van der Waals surface area contributed by atoms with E-state index < -0.39 is 19.7 Å². The Balaban J connectivity index is 4.16. The molecular weight excluding hydrogens is 207 g/mol. The number of carbonyl (C=O) groups is 1. The highest BCUT2D eigenvalue weighted by Crippen LogP contribution is 2.47. The van der Waals surface area contributed by atoms with Gasteiger partial charge in [-0.2, -0.15) is 0 Å². The van der Waals surface area contributed by atoms with Gasteiger partial charge >= 0.3 is 13.6 Å². The molecule has 0 aliphatic heterocycles. The summed E-state index contributed by atoms with van der Waals surface area (Å²) in [5.41, 5.74) is 0. The molecule has 82 valence electrons. The topological polar surface area (TPSA) is 61.8 Å². The van der Waals surface area contributed by atoms with Crippen LogP contribution in [0.5, 0.6) is 0 Å². The molecule has 14 heavy (non-hydrogen) atoms. The summed E-state index contributed by atoms with van der Waals surface area (Å²) in [5, 5.41) is 0.